The molecule has 1 heterocycles. The van der Waals surface area contributed by atoms with E-state index in [1.807, 2.05) is 6.07 Å². The summed E-state index contributed by atoms with van der Waals surface area (Å²) in [6.07, 6.45) is 5.58. The Bertz CT molecular complexity index is 808. The molecule has 1 aromatic heterocycles. The molecular formula is C18H21NO5S. The van der Waals surface area contributed by atoms with Crippen LogP contribution in [0.15, 0.2) is 47.1 Å². The molecule has 0 radical (unpaired) electrons. The molecule has 1 aliphatic rings. The highest BCUT2D eigenvalue weighted by Gasteiger charge is 2.29. The quantitative estimate of drug-likeness (QED) is 0.707. The summed E-state index contributed by atoms with van der Waals surface area (Å²) in [5.41, 5.74) is 0.903. The van der Waals surface area contributed by atoms with Crippen LogP contribution in [0.3, 0.4) is 0 Å². The number of hydrogen-bond acceptors (Lipinski definition) is 5. The molecule has 0 bridgehead atoms. The second-order valence-electron chi connectivity index (χ2n) is 6.33. The van der Waals surface area contributed by atoms with E-state index >= 15 is 0 Å². The van der Waals surface area contributed by atoms with E-state index in [0.29, 0.717) is 13.1 Å². The van der Waals surface area contributed by atoms with Crippen LogP contribution < -0.4 is 4.18 Å². The molecule has 1 fully saturated rings. The maximum atomic E-state index is 12.7. The van der Waals surface area contributed by atoms with Crippen molar-refractivity contribution in [3.63, 3.8) is 0 Å². The Morgan fingerprint density at radius 2 is 1.92 bits per heavy atom. The second-order valence-corrected chi connectivity index (χ2v) is 7.91. The molecule has 134 valence electrons. The van der Waals surface area contributed by atoms with Crippen molar-refractivity contribution in [3.05, 3.63) is 54.0 Å². The van der Waals surface area contributed by atoms with Crippen LogP contribution in [-0.2, 0) is 28.0 Å². The van der Waals surface area contributed by atoms with Gasteiger partial charge in [-0.2, -0.15) is 8.42 Å². The molecule has 0 unspecified atom stereocenters. The summed E-state index contributed by atoms with van der Waals surface area (Å²) in [5, 5.41) is 0. The van der Waals surface area contributed by atoms with E-state index in [0.717, 1.165) is 36.8 Å². The lowest BCUT2D eigenvalue weighted by Crippen LogP contribution is -2.38. The summed E-state index contributed by atoms with van der Waals surface area (Å²) in [4.78, 5) is 14.5. The van der Waals surface area contributed by atoms with Crippen LogP contribution in [0.2, 0.25) is 0 Å². The fourth-order valence-corrected chi connectivity index (χ4v) is 3.22. The molecule has 0 N–H and O–H groups in total. The zero-order valence-electron chi connectivity index (χ0n) is 14.1. The highest BCUT2D eigenvalue weighted by atomic mass is 32.2. The lowest BCUT2D eigenvalue weighted by Gasteiger charge is -2.31. The monoisotopic (exact) mass is 363 g/mol. The van der Waals surface area contributed by atoms with Gasteiger partial charge in [0.05, 0.1) is 19.1 Å². The van der Waals surface area contributed by atoms with Crippen LogP contribution in [0.25, 0.3) is 0 Å². The number of rotatable bonds is 7. The van der Waals surface area contributed by atoms with Crippen molar-refractivity contribution in [2.24, 2.45) is 5.92 Å². The Morgan fingerprint density at radius 1 is 1.20 bits per heavy atom. The Morgan fingerprint density at radius 3 is 2.44 bits per heavy atom. The van der Waals surface area contributed by atoms with E-state index in [1.165, 1.54) is 0 Å². The number of carbonyl (C=O) groups excluding carboxylic acids is 1. The zero-order chi connectivity index (χ0) is 17.9. The summed E-state index contributed by atoms with van der Waals surface area (Å²) in [6.45, 7) is 0.860. The standard InChI is InChI=1S/C18H21NO5S/c1-25(21,22)24-16-9-7-14(8-10-16)12-19(13-17-6-3-11-23-17)18(20)15-4-2-5-15/h3,6-11,15H,2,4-5,12-13H2,1H3. The number of benzene rings is 1. The molecular weight excluding hydrogens is 342 g/mol. The maximum Gasteiger partial charge on any atom is 0.306 e. The first kappa shape index (κ1) is 17.5. The molecule has 1 aromatic carbocycles. The van der Waals surface area contributed by atoms with Crippen molar-refractivity contribution in [2.75, 3.05) is 6.26 Å². The lowest BCUT2D eigenvalue weighted by atomic mass is 9.84. The van der Waals surface area contributed by atoms with Gasteiger partial charge in [-0.3, -0.25) is 4.79 Å². The summed E-state index contributed by atoms with van der Waals surface area (Å²) in [7, 11) is -3.54. The van der Waals surface area contributed by atoms with Crippen LogP contribution in [0.4, 0.5) is 0 Å². The van der Waals surface area contributed by atoms with Crippen molar-refractivity contribution in [2.45, 2.75) is 32.4 Å². The Kier molecular flexibility index (Phi) is 5.13. The van der Waals surface area contributed by atoms with Crippen LogP contribution in [0, 0.1) is 5.92 Å². The van der Waals surface area contributed by atoms with Crippen LogP contribution in [-0.4, -0.2) is 25.5 Å². The maximum absolute atomic E-state index is 12.7. The molecule has 0 atom stereocenters. The van der Waals surface area contributed by atoms with E-state index < -0.39 is 10.1 Å². The predicted octanol–water partition coefficient (Wildman–Crippen LogP) is 2.95. The minimum atomic E-state index is -3.54. The van der Waals surface area contributed by atoms with E-state index in [9.17, 15) is 13.2 Å². The largest absolute Gasteiger partial charge is 0.467 e. The summed E-state index contributed by atoms with van der Waals surface area (Å²) >= 11 is 0. The van der Waals surface area contributed by atoms with Crippen LogP contribution in [0.5, 0.6) is 5.75 Å². The van der Waals surface area contributed by atoms with E-state index in [4.69, 9.17) is 8.60 Å². The van der Waals surface area contributed by atoms with Crippen molar-refractivity contribution in [3.8, 4) is 5.75 Å². The Balaban J connectivity index is 1.71. The second kappa shape index (κ2) is 7.31. The van der Waals surface area contributed by atoms with Gasteiger partial charge in [-0.05, 0) is 42.7 Å². The number of amides is 1. The smallest absolute Gasteiger partial charge is 0.306 e. The summed E-state index contributed by atoms with van der Waals surface area (Å²) < 4.78 is 32.5. The summed E-state index contributed by atoms with van der Waals surface area (Å²) in [6, 6.07) is 10.4. The van der Waals surface area contributed by atoms with Gasteiger partial charge in [-0.15, -0.1) is 0 Å². The van der Waals surface area contributed by atoms with E-state index in [2.05, 4.69) is 0 Å². The predicted molar refractivity (Wildman–Crippen MR) is 92.2 cm³/mol. The number of carbonyl (C=O) groups is 1. The third-order valence-corrected chi connectivity index (χ3v) is 4.73. The van der Waals surface area contributed by atoms with Crippen molar-refractivity contribution in [1.29, 1.82) is 0 Å². The van der Waals surface area contributed by atoms with Gasteiger partial charge < -0.3 is 13.5 Å². The lowest BCUT2D eigenvalue weighted by molar-refractivity contribution is -0.139. The third kappa shape index (κ3) is 4.85. The van der Waals surface area contributed by atoms with Gasteiger partial charge in [0, 0.05) is 12.5 Å². The van der Waals surface area contributed by atoms with E-state index in [-0.39, 0.29) is 17.6 Å². The number of nitrogens with zero attached hydrogens (tertiary/aromatic N) is 1. The van der Waals surface area contributed by atoms with Crippen LogP contribution >= 0.6 is 0 Å². The van der Waals surface area contributed by atoms with Gasteiger partial charge in [-0.25, -0.2) is 0 Å². The first-order valence-corrected chi connectivity index (χ1v) is 10.0. The fourth-order valence-electron chi connectivity index (χ4n) is 2.76. The normalized spacial score (nSPS) is 14.8. The van der Waals surface area contributed by atoms with Gasteiger partial charge in [0.1, 0.15) is 11.5 Å². The van der Waals surface area contributed by atoms with Gasteiger partial charge in [0.2, 0.25) is 5.91 Å². The highest BCUT2D eigenvalue weighted by Crippen LogP contribution is 2.29. The first-order chi connectivity index (χ1) is 11.9. The number of hydrogen-bond donors (Lipinski definition) is 0. The minimum Gasteiger partial charge on any atom is -0.467 e. The summed E-state index contributed by atoms with van der Waals surface area (Å²) in [5.74, 6) is 1.24. The number of furan rings is 1. The van der Waals surface area contributed by atoms with Crippen molar-refractivity contribution < 1.29 is 21.8 Å². The highest BCUT2D eigenvalue weighted by molar-refractivity contribution is 7.86. The Hall–Kier alpha value is -2.28. The molecule has 0 spiro atoms. The third-order valence-electron chi connectivity index (χ3n) is 4.24. The topological polar surface area (TPSA) is 76.8 Å². The molecule has 25 heavy (non-hydrogen) atoms. The molecule has 2 aromatic rings. The molecule has 6 nitrogen and oxygen atoms in total. The first-order valence-electron chi connectivity index (χ1n) is 8.20. The molecule has 1 amide bonds. The van der Waals surface area contributed by atoms with Crippen LogP contribution in [0.1, 0.15) is 30.6 Å². The van der Waals surface area contributed by atoms with Crippen molar-refractivity contribution >= 4 is 16.0 Å². The molecule has 0 aliphatic heterocycles. The van der Waals surface area contributed by atoms with Gasteiger partial charge in [0.25, 0.3) is 0 Å². The molecule has 7 heteroatoms. The van der Waals surface area contributed by atoms with Crippen molar-refractivity contribution in [1.82, 2.24) is 4.90 Å². The fraction of sp³-hybridized carbons (Fsp3) is 0.389. The zero-order valence-corrected chi connectivity index (χ0v) is 14.9. The molecule has 1 saturated carbocycles. The minimum absolute atomic E-state index is 0.0998. The SMILES string of the molecule is CS(=O)(=O)Oc1ccc(CN(Cc2ccco2)C(=O)C2CCC2)cc1. The molecule has 3 rings (SSSR count). The average Bonchev–Trinajstić information content (AvgIpc) is 2.98. The van der Waals surface area contributed by atoms with Gasteiger partial charge >= 0.3 is 10.1 Å². The average molecular weight is 363 g/mol. The Labute approximate surface area is 147 Å². The molecule has 0 saturated heterocycles. The van der Waals surface area contributed by atoms with Gasteiger partial charge in [0.15, 0.2) is 0 Å². The van der Waals surface area contributed by atoms with E-state index in [1.54, 1.807) is 41.5 Å². The van der Waals surface area contributed by atoms with Gasteiger partial charge in [-0.1, -0.05) is 18.6 Å². The molecule has 1 aliphatic carbocycles.